The van der Waals surface area contributed by atoms with Crippen molar-refractivity contribution in [3.8, 4) is 11.4 Å². The summed E-state index contributed by atoms with van der Waals surface area (Å²) in [7, 11) is 0. The number of aryl methyl sites for hydroxylation is 1. The van der Waals surface area contributed by atoms with Crippen LogP contribution in [0, 0.1) is 6.92 Å². The predicted octanol–water partition coefficient (Wildman–Crippen LogP) is 2.72. The van der Waals surface area contributed by atoms with Crippen LogP contribution in [0.2, 0.25) is 5.02 Å². The first kappa shape index (κ1) is 17.0. The molecule has 1 atom stereocenters. The number of carbonyl (C=O) groups excluding carboxylic acids is 2. The smallest absolute Gasteiger partial charge is 0.359 e. The van der Waals surface area contributed by atoms with Gasteiger partial charge in [-0.2, -0.15) is 0 Å². The van der Waals surface area contributed by atoms with Crippen LogP contribution in [0.5, 0.6) is 0 Å². The van der Waals surface area contributed by atoms with E-state index in [-0.39, 0.29) is 18.1 Å². The Morgan fingerprint density at radius 3 is 2.83 bits per heavy atom. The first-order valence-electron chi connectivity index (χ1n) is 7.14. The second-order valence-corrected chi connectivity index (χ2v) is 5.66. The van der Waals surface area contributed by atoms with Crippen LogP contribution < -0.4 is 5.32 Å². The van der Waals surface area contributed by atoms with E-state index in [9.17, 15) is 9.59 Å². The number of esters is 1. The number of halogens is 1. The quantitative estimate of drug-likeness (QED) is 0.823. The molecule has 1 amide bonds. The average molecular weight is 336 g/mol. The Bertz CT molecular complexity index is 727. The van der Waals surface area contributed by atoms with Crippen LogP contribution in [0.15, 0.2) is 24.3 Å². The molecule has 0 radical (unpaired) electrons. The maximum absolute atomic E-state index is 12.2. The molecule has 0 saturated carbocycles. The summed E-state index contributed by atoms with van der Waals surface area (Å²) in [5.41, 5.74) is 1.61. The van der Waals surface area contributed by atoms with Gasteiger partial charge in [-0.15, -0.1) is 0 Å². The molecule has 2 N–H and O–H groups in total. The van der Waals surface area contributed by atoms with Crippen molar-refractivity contribution in [1.82, 2.24) is 15.3 Å². The normalized spacial score (nSPS) is 11.8. The highest BCUT2D eigenvalue weighted by Crippen LogP contribution is 2.22. The van der Waals surface area contributed by atoms with E-state index in [1.807, 2.05) is 12.1 Å². The molecule has 7 heteroatoms. The van der Waals surface area contributed by atoms with Gasteiger partial charge in [0.15, 0.2) is 5.69 Å². The summed E-state index contributed by atoms with van der Waals surface area (Å²) >= 11 is 5.97. The van der Waals surface area contributed by atoms with Crippen LogP contribution in [-0.4, -0.2) is 34.5 Å². The lowest BCUT2D eigenvalue weighted by Crippen LogP contribution is -2.31. The Kier molecular flexibility index (Phi) is 5.39. The van der Waals surface area contributed by atoms with E-state index in [0.29, 0.717) is 16.5 Å². The molecule has 0 aliphatic rings. The molecule has 2 aromatic rings. The molecule has 0 bridgehead atoms. The van der Waals surface area contributed by atoms with E-state index in [2.05, 4.69) is 15.3 Å². The molecule has 1 unspecified atom stereocenters. The number of ether oxygens (including phenoxy) is 1. The molecule has 2 rings (SSSR count). The number of nitrogens with one attached hydrogen (secondary N) is 2. The van der Waals surface area contributed by atoms with Crippen LogP contribution in [0.4, 0.5) is 0 Å². The summed E-state index contributed by atoms with van der Waals surface area (Å²) in [6.07, 6.45) is -0.447. The maximum atomic E-state index is 12.2. The number of aromatic nitrogens is 2. The molecular weight excluding hydrogens is 318 g/mol. The lowest BCUT2D eigenvalue weighted by atomic mass is 10.2. The van der Waals surface area contributed by atoms with Crippen LogP contribution in [0.1, 0.15) is 30.0 Å². The second-order valence-electron chi connectivity index (χ2n) is 5.22. The first-order valence-corrected chi connectivity index (χ1v) is 7.52. The van der Waals surface area contributed by atoms with Crippen molar-refractivity contribution in [2.24, 2.45) is 0 Å². The first-order chi connectivity index (χ1) is 10.9. The molecule has 122 valence electrons. The minimum Gasteiger partial charge on any atom is -0.456 e. The van der Waals surface area contributed by atoms with Gasteiger partial charge in [0.2, 0.25) is 5.91 Å². The fraction of sp³-hybridized carbons (Fsp3) is 0.312. The van der Waals surface area contributed by atoms with Crippen molar-refractivity contribution in [3.63, 3.8) is 0 Å². The number of benzene rings is 1. The zero-order chi connectivity index (χ0) is 17.0. The predicted molar refractivity (Wildman–Crippen MR) is 87.3 cm³/mol. The standard InChI is InChI=1S/C16H18ClN3O3/c1-9(8-18-11(3)21)23-16(22)14-10(2)19-15(20-14)12-5-4-6-13(17)7-12/h4-7,9H,8H2,1-3H3,(H,18,21)(H,19,20). The number of rotatable bonds is 5. The highest BCUT2D eigenvalue weighted by atomic mass is 35.5. The van der Waals surface area contributed by atoms with Gasteiger partial charge < -0.3 is 15.0 Å². The third-order valence-corrected chi connectivity index (χ3v) is 3.36. The second kappa shape index (κ2) is 7.28. The Hall–Kier alpha value is -2.34. The summed E-state index contributed by atoms with van der Waals surface area (Å²) < 4.78 is 5.28. The topological polar surface area (TPSA) is 84.1 Å². The Balaban J connectivity index is 2.11. The van der Waals surface area contributed by atoms with E-state index < -0.39 is 12.1 Å². The molecule has 23 heavy (non-hydrogen) atoms. The Labute approximate surface area is 139 Å². The SMILES string of the molecule is CC(=O)NCC(C)OC(=O)c1nc(-c2cccc(Cl)c2)[nH]c1C. The zero-order valence-electron chi connectivity index (χ0n) is 13.1. The minimum atomic E-state index is -0.537. The van der Waals surface area contributed by atoms with Crippen LogP contribution in [0.3, 0.4) is 0 Å². The van der Waals surface area contributed by atoms with Crippen molar-refractivity contribution in [2.45, 2.75) is 26.9 Å². The average Bonchev–Trinajstić information content (AvgIpc) is 2.87. The summed E-state index contributed by atoms with van der Waals surface area (Å²) in [5.74, 6) is -0.163. The van der Waals surface area contributed by atoms with Gasteiger partial charge >= 0.3 is 5.97 Å². The van der Waals surface area contributed by atoms with E-state index in [0.717, 1.165) is 5.56 Å². The monoisotopic (exact) mass is 335 g/mol. The molecule has 0 saturated heterocycles. The van der Waals surface area contributed by atoms with Crippen LogP contribution in [-0.2, 0) is 9.53 Å². The van der Waals surface area contributed by atoms with Crippen molar-refractivity contribution in [1.29, 1.82) is 0 Å². The van der Waals surface area contributed by atoms with Gasteiger partial charge in [0.05, 0.1) is 6.54 Å². The number of hydrogen-bond donors (Lipinski definition) is 2. The van der Waals surface area contributed by atoms with Crippen molar-refractivity contribution >= 4 is 23.5 Å². The van der Waals surface area contributed by atoms with Gasteiger partial charge in [0, 0.05) is 23.2 Å². The summed E-state index contributed by atoms with van der Waals surface area (Å²) in [6, 6.07) is 7.18. The maximum Gasteiger partial charge on any atom is 0.359 e. The molecule has 0 aliphatic carbocycles. The molecule has 1 aromatic carbocycles. The molecule has 1 heterocycles. The molecule has 0 fully saturated rings. The number of aromatic amines is 1. The highest BCUT2D eigenvalue weighted by Gasteiger charge is 2.19. The van der Waals surface area contributed by atoms with E-state index in [1.54, 1.807) is 26.0 Å². The summed E-state index contributed by atoms with van der Waals surface area (Å²) in [5, 5.41) is 3.18. The summed E-state index contributed by atoms with van der Waals surface area (Å²) in [6.45, 7) is 5.11. The fourth-order valence-electron chi connectivity index (χ4n) is 2.00. The van der Waals surface area contributed by atoms with Gasteiger partial charge in [0.1, 0.15) is 11.9 Å². The third-order valence-electron chi connectivity index (χ3n) is 3.12. The zero-order valence-corrected chi connectivity index (χ0v) is 13.9. The fourth-order valence-corrected chi connectivity index (χ4v) is 2.19. The molecule has 1 aromatic heterocycles. The number of amides is 1. The van der Waals surface area contributed by atoms with E-state index in [1.165, 1.54) is 6.92 Å². The minimum absolute atomic E-state index is 0.174. The third kappa shape index (κ3) is 4.56. The largest absolute Gasteiger partial charge is 0.456 e. The van der Waals surface area contributed by atoms with Gasteiger partial charge in [0.25, 0.3) is 0 Å². The van der Waals surface area contributed by atoms with Gasteiger partial charge in [-0.3, -0.25) is 4.79 Å². The van der Waals surface area contributed by atoms with E-state index in [4.69, 9.17) is 16.3 Å². The van der Waals surface area contributed by atoms with Crippen LogP contribution in [0.25, 0.3) is 11.4 Å². The number of hydrogen-bond acceptors (Lipinski definition) is 4. The number of carbonyl (C=O) groups is 2. The highest BCUT2D eigenvalue weighted by molar-refractivity contribution is 6.30. The van der Waals surface area contributed by atoms with Crippen molar-refractivity contribution < 1.29 is 14.3 Å². The van der Waals surface area contributed by atoms with Crippen molar-refractivity contribution in [3.05, 3.63) is 40.7 Å². The number of H-pyrrole nitrogens is 1. The number of nitrogens with zero attached hydrogens (tertiary/aromatic N) is 1. The lowest BCUT2D eigenvalue weighted by Gasteiger charge is -2.12. The molecule has 6 nitrogen and oxygen atoms in total. The Morgan fingerprint density at radius 2 is 2.17 bits per heavy atom. The van der Waals surface area contributed by atoms with Crippen LogP contribution >= 0.6 is 11.6 Å². The summed E-state index contributed by atoms with van der Waals surface area (Å²) in [4.78, 5) is 30.4. The Morgan fingerprint density at radius 1 is 1.43 bits per heavy atom. The van der Waals surface area contributed by atoms with Crippen molar-refractivity contribution in [2.75, 3.05) is 6.54 Å². The van der Waals surface area contributed by atoms with Gasteiger partial charge in [-0.25, -0.2) is 9.78 Å². The van der Waals surface area contributed by atoms with Gasteiger partial charge in [-0.1, -0.05) is 23.7 Å². The molecule has 0 aliphatic heterocycles. The molecular formula is C16H18ClN3O3. The molecule has 0 spiro atoms. The van der Waals surface area contributed by atoms with E-state index >= 15 is 0 Å². The number of imidazole rings is 1. The lowest BCUT2D eigenvalue weighted by molar-refractivity contribution is -0.119. The van der Waals surface area contributed by atoms with Gasteiger partial charge in [-0.05, 0) is 26.0 Å².